The van der Waals surface area contributed by atoms with Crippen LogP contribution in [0.2, 0.25) is 5.02 Å². The SMILES string of the molecule is Cc1noc(NS(=O)(=O)c2ccsc2NC(=O)c2c(C#N)cc3c(c2C)OCO3)c1Cl. The molecule has 4 rings (SSSR count). The summed E-state index contributed by atoms with van der Waals surface area (Å²) in [5, 5.41) is 17.2. The van der Waals surface area contributed by atoms with Crippen LogP contribution in [0.5, 0.6) is 11.5 Å². The summed E-state index contributed by atoms with van der Waals surface area (Å²) in [7, 11) is -4.16. The van der Waals surface area contributed by atoms with E-state index < -0.39 is 15.9 Å². The van der Waals surface area contributed by atoms with Crippen molar-refractivity contribution in [2.75, 3.05) is 16.8 Å². The number of halogens is 1. The average Bonchev–Trinajstić information content (AvgIpc) is 3.45. The fourth-order valence-corrected chi connectivity index (χ4v) is 5.40. The predicted octanol–water partition coefficient (Wildman–Crippen LogP) is 3.66. The lowest BCUT2D eigenvalue weighted by Gasteiger charge is -2.12. The molecule has 0 saturated carbocycles. The third-order valence-electron chi connectivity index (χ3n) is 4.41. The van der Waals surface area contributed by atoms with E-state index in [0.717, 1.165) is 11.3 Å². The van der Waals surface area contributed by atoms with E-state index in [1.165, 1.54) is 17.5 Å². The monoisotopic (exact) mass is 480 g/mol. The summed E-state index contributed by atoms with van der Waals surface area (Å²) in [4.78, 5) is 12.8. The van der Waals surface area contributed by atoms with Crippen molar-refractivity contribution >= 4 is 49.8 Å². The second-order valence-electron chi connectivity index (χ2n) is 6.35. The Bertz CT molecular complexity index is 1360. The number of hydrogen-bond donors (Lipinski definition) is 2. The summed E-state index contributed by atoms with van der Waals surface area (Å²) in [6.45, 7) is 3.15. The Morgan fingerprint density at radius 3 is 2.81 bits per heavy atom. The number of rotatable bonds is 5. The van der Waals surface area contributed by atoms with Gasteiger partial charge in [-0.25, -0.2) is 13.1 Å². The van der Waals surface area contributed by atoms with Gasteiger partial charge < -0.3 is 19.3 Å². The first kappa shape index (κ1) is 21.0. The second-order valence-corrected chi connectivity index (χ2v) is 9.30. The number of carbonyl (C=O) groups excluding carboxylic acids is 1. The summed E-state index contributed by atoms with van der Waals surface area (Å²) in [5.41, 5.74) is 0.861. The minimum atomic E-state index is -4.16. The molecule has 0 radical (unpaired) electrons. The first-order valence-electron chi connectivity index (χ1n) is 8.59. The van der Waals surface area contributed by atoms with Crippen LogP contribution in [-0.2, 0) is 10.0 Å². The number of fused-ring (bicyclic) bond motifs is 1. The number of nitriles is 1. The Kier molecular flexibility index (Phi) is 5.26. The highest BCUT2D eigenvalue weighted by molar-refractivity contribution is 7.93. The Balaban J connectivity index is 1.66. The number of benzene rings is 1. The molecular weight excluding hydrogens is 468 g/mol. The van der Waals surface area contributed by atoms with Gasteiger partial charge in [0.2, 0.25) is 6.79 Å². The molecule has 10 nitrogen and oxygen atoms in total. The summed E-state index contributed by atoms with van der Waals surface area (Å²) in [6, 6.07) is 4.68. The fourth-order valence-electron chi connectivity index (χ4n) is 2.95. The molecule has 0 unspecified atom stereocenters. The number of carbonyl (C=O) groups is 1. The van der Waals surface area contributed by atoms with Crippen LogP contribution >= 0.6 is 22.9 Å². The van der Waals surface area contributed by atoms with Gasteiger partial charge in [0, 0.05) is 11.6 Å². The minimum absolute atomic E-state index is 0.0191. The van der Waals surface area contributed by atoms with Crippen LogP contribution in [0.1, 0.15) is 27.2 Å². The van der Waals surface area contributed by atoms with E-state index in [4.69, 9.17) is 25.6 Å². The van der Waals surface area contributed by atoms with E-state index in [0.29, 0.717) is 22.8 Å². The molecule has 0 spiro atoms. The molecule has 3 heterocycles. The standard InChI is InChI=1S/C18H13ClN4O6S2/c1-8-13(10(6-20)5-11-15(8)28-7-27-11)16(24)21-18-12(3-4-30-18)31(25,26)23-17-14(19)9(2)22-29-17/h3-5,23H,7H2,1-2H3,(H,21,24). The van der Waals surface area contributed by atoms with E-state index in [2.05, 4.69) is 15.2 Å². The lowest BCUT2D eigenvalue weighted by Crippen LogP contribution is -2.18. The van der Waals surface area contributed by atoms with Crippen LogP contribution in [0.25, 0.3) is 0 Å². The zero-order valence-electron chi connectivity index (χ0n) is 16.0. The van der Waals surface area contributed by atoms with Crippen LogP contribution in [0, 0.1) is 25.2 Å². The summed E-state index contributed by atoms with van der Waals surface area (Å²) in [5.74, 6) is -0.172. The number of sulfonamides is 1. The highest BCUT2D eigenvalue weighted by Gasteiger charge is 2.28. The molecular formula is C18H13ClN4O6S2. The molecule has 1 aliphatic rings. The Morgan fingerprint density at radius 1 is 1.35 bits per heavy atom. The Hall–Kier alpha value is -3.27. The molecule has 13 heteroatoms. The summed E-state index contributed by atoms with van der Waals surface area (Å²) >= 11 is 6.97. The Morgan fingerprint density at radius 2 is 2.13 bits per heavy atom. The molecule has 0 fully saturated rings. The quantitative estimate of drug-likeness (QED) is 0.563. The number of nitrogens with one attached hydrogen (secondary N) is 2. The van der Waals surface area contributed by atoms with Gasteiger partial charge in [-0.2, -0.15) is 5.26 Å². The lowest BCUT2D eigenvalue weighted by atomic mass is 10.00. The van der Waals surface area contributed by atoms with Crippen molar-refractivity contribution in [3.05, 3.63) is 44.9 Å². The maximum Gasteiger partial charge on any atom is 0.267 e. The van der Waals surface area contributed by atoms with E-state index in [-0.39, 0.29) is 38.7 Å². The molecule has 31 heavy (non-hydrogen) atoms. The number of nitrogens with zero attached hydrogens (tertiary/aromatic N) is 2. The number of thiophene rings is 1. The van der Waals surface area contributed by atoms with Crippen LogP contribution in [-0.4, -0.2) is 26.3 Å². The molecule has 2 N–H and O–H groups in total. The highest BCUT2D eigenvalue weighted by atomic mass is 35.5. The molecule has 1 aromatic carbocycles. The molecule has 0 saturated heterocycles. The van der Waals surface area contributed by atoms with Gasteiger partial charge in [-0.3, -0.25) is 4.79 Å². The van der Waals surface area contributed by atoms with E-state index in [1.54, 1.807) is 13.8 Å². The molecule has 2 aromatic heterocycles. The molecule has 1 aliphatic heterocycles. The van der Waals surface area contributed by atoms with Gasteiger partial charge >= 0.3 is 0 Å². The molecule has 0 bridgehead atoms. The fraction of sp³-hybridized carbons (Fsp3) is 0.167. The molecule has 0 atom stereocenters. The zero-order valence-corrected chi connectivity index (χ0v) is 18.4. The van der Waals surface area contributed by atoms with Gasteiger partial charge in [0.1, 0.15) is 26.7 Å². The van der Waals surface area contributed by atoms with Crippen LogP contribution < -0.4 is 19.5 Å². The van der Waals surface area contributed by atoms with Gasteiger partial charge in [-0.15, -0.1) is 11.3 Å². The second kappa shape index (κ2) is 7.77. The lowest BCUT2D eigenvalue weighted by molar-refractivity contribution is 0.102. The number of ether oxygens (including phenoxy) is 2. The van der Waals surface area contributed by atoms with Crippen molar-refractivity contribution < 1.29 is 27.2 Å². The van der Waals surface area contributed by atoms with Gasteiger partial charge in [-0.05, 0) is 25.3 Å². The maximum atomic E-state index is 13.0. The number of aryl methyl sites for hydroxylation is 1. The smallest absolute Gasteiger partial charge is 0.267 e. The van der Waals surface area contributed by atoms with Crippen molar-refractivity contribution in [3.8, 4) is 17.6 Å². The normalized spacial score (nSPS) is 12.5. The third-order valence-corrected chi connectivity index (χ3v) is 7.19. The molecule has 1 amide bonds. The third kappa shape index (κ3) is 3.67. The van der Waals surface area contributed by atoms with Crippen molar-refractivity contribution in [1.29, 1.82) is 5.26 Å². The highest BCUT2D eigenvalue weighted by Crippen LogP contribution is 2.40. The van der Waals surface area contributed by atoms with E-state index >= 15 is 0 Å². The molecule has 0 aliphatic carbocycles. The van der Waals surface area contributed by atoms with Crippen molar-refractivity contribution in [1.82, 2.24) is 5.16 Å². The number of anilines is 2. The van der Waals surface area contributed by atoms with E-state index in [9.17, 15) is 18.5 Å². The summed E-state index contributed by atoms with van der Waals surface area (Å²) < 4.78 is 43.4. The summed E-state index contributed by atoms with van der Waals surface area (Å²) in [6.07, 6.45) is 0. The van der Waals surface area contributed by atoms with Gasteiger partial charge in [0.05, 0.1) is 11.1 Å². The van der Waals surface area contributed by atoms with Crippen molar-refractivity contribution in [3.63, 3.8) is 0 Å². The predicted molar refractivity (Wildman–Crippen MR) is 111 cm³/mol. The van der Waals surface area contributed by atoms with Gasteiger partial charge in [-0.1, -0.05) is 16.8 Å². The zero-order chi connectivity index (χ0) is 22.3. The van der Waals surface area contributed by atoms with Crippen LogP contribution in [0.3, 0.4) is 0 Å². The van der Waals surface area contributed by atoms with Crippen molar-refractivity contribution in [2.45, 2.75) is 18.7 Å². The number of aromatic nitrogens is 1. The van der Waals surface area contributed by atoms with E-state index in [1.807, 2.05) is 6.07 Å². The number of hydrogen-bond acceptors (Lipinski definition) is 9. The van der Waals surface area contributed by atoms with Crippen molar-refractivity contribution in [2.24, 2.45) is 0 Å². The van der Waals surface area contributed by atoms with Gasteiger partial charge in [0.15, 0.2) is 11.5 Å². The average molecular weight is 481 g/mol. The molecule has 3 aromatic rings. The molecule has 160 valence electrons. The first-order chi connectivity index (χ1) is 14.7. The maximum absolute atomic E-state index is 13.0. The topological polar surface area (TPSA) is 144 Å². The van der Waals surface area contributed by atoms with Crippen LogP contribution in [0.4, 0.5) is 10.9 Å². The minimum Gasteiger partial charge on any atom is -0.454 e. The first-order valence-corrected chi connectivity index (χ1v) is 11.3. The Labute approximate surface area is 185 Å². The number of amides is 1. The van der Waals surface area contributed by atoms with Gasteiger partial charge in [0.25, 0.3) is 21.8 Å². The largest absolute Gasteiger partial charge is 0.454 e. The van der Waals surface area contributed by atoms with Crippen LogP contribution in [0.15, 0.2) is 26.9 Å².